The Morgan fingerprint density at radius 1 is 1.11 bits per heavy atom. The van der Waals surface area contributed by atoms with Crippen LogP contribution in [0.5, 0.6) is 0 Å². The molecule has 0 aliphatic rings. The number of hydrogen-bond donors (Lipinski definition) is 0. The molecule has 0 aromatic heterocycles. The molecule has 0 spiro atoms. The van der Waals surface area contributed by atoms with Crippen molar-refractivity contribution in [2.45, 2.75) is 0 Å². The van der Waals surface area contributed by atoms with Gasteiger partial charge in [0, 0.05) is 0 Å². The summed E-state index contributed by atoms with van der Waals surface area (Å²) in [5, 5.41) is 0. The third kappa shape index (κ3) is 2.11. The molecule has 1 heteroatoms. The van der Waals surface area contributed by atoms with Crippen LogP contribution < -0.4 is 0 Å². The van der Waals surface area contributed by atoms with Crippen LogP contribution in [0.4, 0.5) is 0 Å². The summed E-state index contributed by atoms with van der Waals surface area (Å²) in [5.74, 6) is 0. The molecule has 0 bridgehead atoms. The third-order valence-corrected chi connectivity index (χ3v) is 1.34. The van der Waals surface area contributed by atoms with Crippen molar-refractivity contribution in [1.29, 1.82) is 0 Å². The first-order chi connectivity index (χ1) is 4.43. The Morgan fingerprint density at radius 2 is 1.78 bits per heavy atom. The topological polar surface area (TPSA) is 0 Å². The average molecular weight is 204 g/mol. The van der Waals surface area contributed by atoms with Gasteiger partial charge in [-0.05, 0) is 0 Å². The molecular formula is C8H7Ru. The molecule has 0 nitrogen and oxygen atoms in total. The zero-order valence-corrected chi connectivity index (χ0v) is 6.63. The normalized spacial score (nSPS) is 10.3. The quantitative estimate of drug-likeness (QED) is 0.615. The maximum atomic E-state index is 2.46. The molecule has 47 valence electrons. The molecule has 0 N–H and O–H groups in total. The molecule has 0 aliphatic carbocycles. The summed E-state index contributed by atoms with van der Waals surface area (Å²) >= 11 is 2.46. The second-order valence-corrected chi connectivity index (χ2v) is 2.27. The number of hydrogen-bond acceptors (Lipinski definition) is 0. The summed E-state index contributed by atoms with van der Waals surface area (Å²) in [6.07, 6.45) is 2.05. The average Bonchev–Trinajstić information content (AvgIpc) is 1.91. The number of rotatable bonds is 1. The van der Waals surface area contributed by atoms with Gasteiger partial charge in [0.05, 0.1) is 0 Å². The van der Waals surface area contributed by atoms with Crippen molar-refractivity contribution in [3.63, 3.8) is 0 Å². The van der Waals surface area contributed by atoms with E-state index >= 15 is 0 Å². The molecular weight excluding hydrogens is 197 g/mol. The fraction of sp³-hybridized carbons (Fsp3) is 0. The minimum absolute atomic E-state index is 1.25. The Labute approximate surface area is 65.3 Å². The fourth-order valence-electron chi connectivity index (χ4n) is 0.632. The Morgan fingerprint density at radius 3 is 2.33 bits per heavy atom. The van der Waals surface area contributed by atoms with E-state index in [1.54, 1.807) is 0 Å². The van der Waals surface area contributed by atoms with E-state index in [1.807, 2.05) is 22.9 Å². The van der Waals surface area contributed by atoms with Gasteiger partial charge in [-0.1, -0.05) is 0 Å². The van der Waals surface area contributed by atoms with Crippen molar-refractivity contribution in [3.8, 4) is 0 Å². The maximum absolute atomic E-state index is 2.46. The third-order valence-electron chi connectivity index (χ3n) is 1.05. The van der Waals surface area contributed by atoms with Crippen LogP contribution in [0.1, 0.15) is 5.56 Å². The second-order valence-electron chi connectivity index (χ2n) is 1.70. The van der Waals surface area contributed by atoms with E-state index in [4.69, 9.17) is 0 Å². The van der Waals surface area contributed by atoms with Crippen LogP contribution >= 0.6 is 0 Å². The van der Waals surface area contributed by atoms with Crippen molar-refractivity contribution in [3.05, 3.63) is 40.6 Å². The van der Waals surface area contributed by atoms with E-state index in [2.05, 4.69) is 36.5 Å². The molecule has 0 radical (unpaired) electrons. The van der Waals surface area contributed by atoms with Crippen LogP contribution in [-0.4, -0.2) is 0 Å². The monoisotopic (exact) mass is 205 g/mol. The minimum atomic E-state index is 1.25. The SMILES string of the molecule is [Ru][CH]=Cc1ccccc1. The zero-order valence-electron chi connectivity index (χ0n) is 4.90. The van der Waals surface area contributed by atoms with Crippen LogP contribution in [0.2, 0.25) is 0 Å². The van der Waals surface area contributed by atoms with Crippen molar-refractivity contribution >= 4 is 6.08 Å². The molecule has 0 atom stereocenters. The second kappa shape index (κ2) is 3.58. The Balaban J connectivity index is 2.85. The Bertz CT molecular complexity index is 189. The molecule has 0 amide bonds. The Kier molecular flexibility index (Phi) is 2.66. The molecule has 9 heavy (non-hydrogen) atoms. The predicted molar refractivity (Wildman–Crippen MR) is 35.5 cm³/mol. The molecule has 0 heterocycles. The molecule has 0 unspecified atom stereocenters. The summed E-state index contributed by atoms with van der Waals surface area (Å²) in [4.78, 5) is 0. The van der Waals surface area contributed by atoms with Crippen molar-refractivity contribution in [1.82, 2.24) is 0 Å². The van der Waals surface area contributed by atoms with Crippen LogP contribution in [0, 0.1) is 0 Å². The van der Waals surface area contributed by atoms with Gasteiger partial charge in [-0.25, -0.2) is 0 Å². The van der Waals surface area contributed by atoms with Crippen LogP contribution in [0.25, 0.3) is 6.08 Å². The van der Waals surface area contributed by atoms with E-state index < -0.39 is 0 Å². The summed E-state index contributed by atoms with van der Waals surface area (Å²) < 4.78 is 1.97. The van der Waals surface area contributed by atoms with Gasteiger partial charge < -0.3 is 0 Å². The Hall–Kier alpha value is -0.417. The van der Waals surface area contributed by atoms with Gasteiger partial charge in [0.1, 0.15) is 0 Å². The van der Waals surface area contributed by atoms with Gasteiger partial charge >= 0.3 is 64.9 Å². The van der Waals surface area contributed by atoms with Gasteiger partial charge in [0.2, 0.25) is 0 Å². The summed E-state index contributed by atoms with van der Waals surface area (Å²) in [6.45, 7) is 0. The van der Waals surface area contributed by atoms with Crippen molar-refractivity contribution in [2.24, 2.45) is 0 Å². The standard InChI is InChI=1S/C8H7.Ru/c1-2-8-6-4-3-5-7-8;/h1-7H;. The van der Waals surface area contributed by atoms with Gasteiger partial charge in [0.15, 0.2) is 0 Å². The van der Waals surface area contributed by atoms with Crippen molar-refractivity contribution < 1.29 is 18.3 Å². The molecule has 1 rings (SSSR count). The molecule has 0 saturated heterocycles. The molecule has 0 saturated carbocycles. The zero-order chi connectivity index (χ0) is 6.53. The van der Waals surface area contributed by atoms with Crippen LogP contribution in [0.15, 0.2) is 35.0 Å². The first-order valence-corrected chi connectivity index (χ1v) is 3.74. The first-order valence-electron chi connectivity index (χ1n) is 2.74. The molecule has 0 aliphatic heterocycles. The van der Waals surface area contributed by atoms with E-state index in [0.717, 1.165) is 0 Å². The molecule has 0 fully saturated rings. The van der Waals surface area contributed by atoms with Gasteiger partial charge in [-0.2, -0.15) is 0 Å². The summed E-state index contributed by atoms with van der Waals surface area (Å²) in [5.41, 5.74) is 1.25. The summed E-state index contributed by atoms with van der Waals surface area (Å²) in [7, 11) is 0. The predicted octanol–water partition coefficient (Wildman–Crippen LogP) is 2.20. The van der Waals surface area contributed by atoms with E-state index in [1.165, 1.54) is 5.56 Å². The fourth-order valence-corrected chi connectivity index (χ4v) is 0.967. The van der Waals surface area contributed by atoms with Gasteiger partial charge in [-0.15, -0.1) is 0 Å². The van der Waals surface area contributed by atoms with E-state index in [-0.39, 0.29) is 0 Å². The van der Waals surface area contributed by atoms with Crippen LogP contribution in [-0.2, 0) is 18.3 Å². The van der Waals surface area contributed by atoms with Crippen LogP contribution in [0.3, 0.4) is 0 Å². The van der Waals surface area contributed by atoms with Crippen molar-refractivity contribution in [2.75, 3.05) is 0 Å². The van der Waals surface area contributed by atoms with E-state index in [9.17, 15) is 0 Å². The molecule has 1 aromatic rings. The van der Waals surface area contributed by atoms with Gasteiger partial charge in [-0.3, -0.25) is 0 Å². The van der Waals surface area contributed by atoms with E-state index in [0.29, 0.717) is 0 Å². The van der Waals surface area contributed by atoms with Gasteiger partial charge in [0.25, 0.3) is 0 Å². The number of benzene rings is 1. The summed E-state index contributed by atoms with van der Waals surface area (Å²) in [6, 6.07) is 10.2. The molecule has 1 aromatic carbocycles. The first kappa shape index (κ1) is 6.70.